The van der Waals surface area contributed by atoms with Crippen LogP contribution in [0.15, 0.2) is 0 Å². The van der Waals surface area contributed by atoms with Crippen molar-refractivity contribution in [3.8, 4) is 0 Å². The van der Waals surface area contributed by atoms with E-state index in [1.165, 1.54) is 38.5 Å². The average molecular weight is 400 g/mol. The summed E-state index contributed by atoms with van der Waals surface area (Å²) in [4.78, 5) is 24.2. The Kier molecular flexibility index (Phi) is 10.8. The summed E-state index contributed by atoms with van der Waals surface area (Å²) in [5, 5.41) is 12.0. The highest BCUT2D eigenvalue weighted by Gasteiger charge is 2.49. The molecule has 1 amide bonds. The van der Waals surface area contributed by atoms with Gasteiger partial charge >= 0.3 is 0 Å². The first kappa shape index (κ1) is 24.3. The number of carbonyl (C=O) groups excluding carboxylic acids is 2. The van der Waals surface area contributed by atoms with Crippen molar-refractivity contribution >= 4 is 20.0 Å². The molecule has 1 fully saturated rings. The van der Waals surface area contributed by atoms with Gasteiger partial charge in [-0.2, -0.15) is 0 Å². The number of hydrogen-bond acceptors (Lipinski definition) is 4. The predicted molar refractivity (Wildman–Crippen MR) is 112 cm³/mol. The van der Waals surface area contributed by atoms with Crippen molar-refractivity contribution in [1.82, 2.24) is 5.32 Å². The van der Waals surface area contributed by atoms with E-state index in [0.717, 1.165) is 18.1 Å². The van der Waals surface area contributed by atoms with Gasteiger partial charge in [0.2, 0.25) is 5.91 Å². The highest BCUT2D eigenvalue weighted by atomic mass is 28.4. The number of β-lactam (4-membered cyclic amide) rings is 1. The Labute approximate surface area is 166 Å². The van der Waals surface area contributed by atoms with Crippen LogP contribution in [0.1, 0.15) is 73.1 Å². The van der Waals surface area contributed by atoms with Gasteiger partial charge in [0.05, 0.1) is 18.1 Å². The van der Waals surface area contributed by atoms with E-state index in [9.17, 15) is 9.59 Å². The number of hydrogen-bond donors (Lipinski definition) is 2. The first-order valence-electron chi connectivity index (χ1n) is 11.0. The minimum atomic E-state index is -1.91. The fourth-order valence-corrected chi connectivity index (χ4v) is 9.25. The molecule has 0 spiro atoms. The van der Waals surface area contributed by atoms with Gasteiger partial charge in [-0.15, -0.1) is 0 Å². The molecule has 1 saturated heterocycles. The van der Waals surface area contributed by atoms with Gasteiger partial charge in [0.25, 0.3) is 0 Å². The summed E-state index contributed by atoms with van der Waals surface area (Å²) in [5.74, 6) is -0.896. The quantitative estimate of drug-likeness (QED) is 0.322. The number of amides is 1. The lowest BCUT2D eigenvalue weighted by Crippen LogP contribution is -2.66. The Balaban J connectivity index is 2.92. The minimum absolute atomic E-state index is 0.0190. The van der Waals surface area contributed by atoms with E-state index < -0.39 is 14.9 Å². The summed E-state index contributed by atoms with van der Waals surface area (Å²) in [5.41, 5.74) is 0. The first-order chi connectivity index (χ1) is 12.9. The molecule has 0 aromatic carbocycles. The van der Waals surface area contributed by atoms with Gasteiger partial charge in [-0.25, -0.2) is 0 Å². The normalized spacial score (nSPS) is 22.1. The molecule has 0 aliphatic carbocycles. The van der Waals surface area contributed by atoms with Crippen LogP contribution in [0, 0.1) is 11.8 Å². The van der Waals surface area contributed by atoms with Crippen molar-refractivity contribution in [3.05, 3.63) is 0 Å². The molecule has 1 aliphatic rings. The lowest BCUT2D eigenvalue weighted by molar-refractivity contribution is -0.144. The molecule has 0 saturated carbocycles. The van der Waals surface area contributed by atoms with Crippen LogP contribution >= 0.6 is 0 Å². The number of ketones is 1. The fraction of sp³-hybridized carbons (Fsp3) is 0.905. The number of rotatable bonds is 15. The smallest absolute Gasteiger partial charge is 0.228 e. The van der Waals surface area contributed by atoms with E-state index in [4.69, 9.17) is 9.53 Å². The van der Waals surface area contributed by atoms with E-state index in [1.807, 2.05) is 6.92 Å². The Morgan fingerprint density at radius 3 is 1.93 bits per heavy atom. The molecular weight excluding hydrogens is 358 g/mol. The summed E-state index contributed by atoms with van der Waals surface area (Å²) in [6.45, 7) is 9.99. The van der Waals surface area contributed by atoms with Gasteiger partial charge in [0, 0.05) is 5.92 Å². The molecule has 1 heterocycles. The van der Waals surface area contributed by atoms with Crippen LogP contribution in [0.5, 0.6) is 0 Å². The Hall–Kier alpha value is -0.723. The predicted octanol–water partition coefficient (Wildman–Crippen LogP) is 4.05. The number of Topliss-reactive ketones (excluding diaryl/α,β-unsaturated/α-hetero) is 1. The van der Waals surface area contributed by atoms with Gasteiger partial charge in [-0.05, 0) is 25.1 Å². The third kappa shape index (κ3) is 6.68. The van der Waals surface area contributed by atoms with Crippen molar-refractivity contribution < 1.29 is 19.1 Å². The maximum Gasteiger partial charge on any atom is 0.228 e. The topological polar surface area (TPSA) is 75.6 Å². The number of aliphatic hydroxyl groups excluding tert-OH is 1. The minimum Gasteiger partial charge on any atom is -0.413 e. The average Bonchev–Trinajstić information content (AvgIpc) is 2.65. The van der Waals surface area contributed by atoms with E-state index in [0.29, 0.717) is 0 Å². The molecule has 1 rings (SSSR count). The maximum absolute atomic E-state index is 12.3. The summed E-state index contributed by atoms with van der Waals surface area (Å²) < 4.78 is 6.82. The number of aliphatic hydroxyl groups is 1. The van der Waals surface area contributed by atoms with Crippen molar-refractivity contribution in [3.63, 3.8) is 0 Å². The van der Waals surface area contributed by atoms with Crippen LogP contribution in [0.4, 0.5) is 0 Å². The van der Waals surface area contributed by atoms with Crippen LogP contribution in [-0.2, 0) is 14.0 Å². The molecule has 6 heteroatoms. The lowest BCUT2D eigenvalue weighted by Gasteiger charge is -2.46. The zero-order valence-electron chi connectivity index (χ0n) is 18.1. The maximum atomic E-state index is 12.3. The second-order valence-corrected chi connectivity index (χ2v) is 12.4. The SMILES string of the molecule is CCCC[Si](CCCC)(CCCC)O[C@H](C)[C@H]1C(=O)N[C@@H]1[C@@H](C)C(=O)CO. The van der Waals surface area contributed by atoms with Crippen LogP contribution in [-0.4, -0.2) is 43.9 Å². The Bertz CT molecular complexity index is 449. The van der Waals surface area contributed by atoms with Gasteiger partial charge < -0.3 is 14.8 Å². The molecule has 0 aromatic rings. The van der Waals surface area contributed by atoms with E-state index in [-0.39, 0.29) is 35.7 Å². The Morgan fingerprint density at radius 1 is 1.07 bits per heavy atom. The first-order valence-corrected chi connectivity index (χ1v) is 13.5. The standard InChI is InChI=1S/C21H41NO4Si/c1-6-9-12-27(13-10-7-2,14-11-8-3)26-17(5)19-20(22-21(19)25)16(4)18(24)15-23/h16-17,19-20,23H,6-15H2,1-5H3,(H,22,25)/t16-,17+,19+,20+/m0/s1. The number of nitrogens with one attached hydrogen (secondary N) is 1. The van der Waals surface area contributed by atoms with Crippen molar-refractivity contribution in [1.29, 1.82) is 0 Å². The monoisotopic (exact) mass is 399 g/mol. The summed E-state index contributed by atoms with van der Waals surface area (Å²) >= 11 is 0. The van der Waals surface area contributed by atoms with Crippen LogP contribution in [0.2, 0.25) is 18.1 Å². The molecule has 0 bridgehead atoms. The highest BCUT2D eigenvalue weighted by molar-refractivity contribution is 6.73. The van der Waals surface area contributed by atoms with Crippen LogP contribution in [0.3, 0.4) is 0 Å². The number of carbonyl (C=O) groups is 2. The molecular formula is C21H41NO4Si. The van der Waals surface area contributed by atoms with Crippen molar-refractivity contribution in [2.45, 2.75) is 103 Å². The second-order valence-electron chi connectivity index (χ2n) is 8.29. The lowest BCUT2D eigenvalue weighted by atomic mass is 9.77. The third-order valence-corrected chi connectivity index (χ3v) is 10.8. The largest absolute Gasteiger partial charge is 0.413 e. The van der Waals surface area contributed by atoms with Crippen LogP contribution in [0.25, 0.3) is 0 Å². The van der Waals surface area contributed by atoms with Crippen molar-refractivity contribution in [2.75, 3.05) is 6.61 Å². The fourth-order valence-electron chi connectivity index (χ4n) is 4.22. The molecule has 5 nitrogen and oxygen atoms in total. The summed E-state index contributed by atoms with van der Waals surface area (Å²) in [6, 6.07) is 3.27. The summed E-state index contributed by atoms with van der Waals surface area (Å²) in [6.07, 6.45) is 6.89. The molecule has 4 atom stereocenters. The van der Waals surface area contributed by atoms with Gasteiger partial charge in [-0.1, -0.05) is 66.2 Å². The van der Waals surface area contributed by atoms with Gasteiger partial charge in [0.15, 0.2) is 14.1 Å². The molecule has 27 heavy (non-hydrogen) atoms. The molecule has 1 aliphatic heterocycles. The molecule has 0 radical (unpaired) electrons. The number of unbranched alkanes of at least 4 members (excludes halogenated alkanes) is 3. The Morgan fingerprint density at radius 2 is 1.56 bits per heavy atom. The highest BCUT2D eigenvalue weighted by Crippen LogP contribution is 2.35. The van der Waals surface area contributed by atoms with E-state index >= 15 is 0 Å². The zero-order valence-corrected chi connectivity index (χ0v) is 19.1. The molecule has 158 valence electrons. The van der Waals surface area contributed by atoms with Crippen LogP contribution < -0.4 is 5.32 Å². The second kappa shape index (κ2) is 12.0. The van der Waals surface area contributed by atoms with Gasteiger partial charge in [-0.3, -0.25) is 9.59 Å². The van der Waals surface area contributed by atoms with Gasteiger partial charge in [0.1, 0.15) is 6.61 Å². The third-order valence-electron chi connectivity index (χ3n) is 6.10. The molecule has 0 unspecified atom stereocenters. The summed E-state index contributed by atoms with van der Waals surface area (Å²) in [7, 11) is -1.91. The zero-order chi connectivity index (χ0) is 20.4. The molecule has 2 N–H and O–H groups in total. The molecule has 0 aromatic heterocycles. The van der Waals surface area contributed by atoms with E-state index in [1.54, 1.807) is 6.92 Å². The van der Waals surface area contributed by atoms with Crippen molar-refractivity contribution in [2.24, 2.45) is 11.8 Å². The van der Waals surface area contributed by atoms with E-state index in [2.05, 4.69) is 26.1 Å².